The Balaban J connectivity index is 1.50. The van der Waals surface area contributed by atoms with Gasteiger partial charge in [-0.05, 0) is 63.8 Å². The van der Waals surface area contributed by atoms with Gasteiger partial charge in [-0.15, -0.1) is 22.7 Å². The van der Waals surface area contributed by atoms with Gasteiger partial charge in [-0.1, -0.05) is 126 Å². The molecule has 212 valence electrons. The molecule has 0 aliphatic carbocycles. The zero-order chi connectivity index (χ0) is 29.9. The minimum absolute atomic E-state index is 0.125. The SMILES string of the molecule is CC(C)(C)c1ccc(C#Cc2c3sc4ccccc4c3c(Cc3ccc(C(C)(C)C)cc3)c3sc4ccccc4c23)cc1. The van der Waals surface area contributed by atoms with Crippen LogP contribution < -0.4 is 0 Å². The maximum atomic E-state index is 3.73. The Kier molecular flexibility index (Phi) is 6.73. The largest absolute Gasteiger partial charge is 0.135 e. The third-order valence-electron chi connectivity index (χ3n) is 8.53. The minimum atomic E-state index is 0.125. The lowest BCUT2D eigenvalue weighted by molar-refractivity contribution is 0.590. The molecule has 0 aliphatic heterocycles. The standard InChI is InChI=1S/C41H36S2/c1-40(2,3)28-20-15-26(16-21-28)19-24-32-36-30-11-7-9-13-34(30)43-39(36)33(25-27-17-22-29(23-18-27)41(4,5)6)37-31-12-8-10-14-35(31)42-38(32)37/h7-18,20-23H,25H2,1-6H3. The van der Waals surface area contributed by atoms with E-state index in [0.29, 0.717) is 0 Å². The first-order valence-electron chi connectivity index (χ1n) is 15.1. The number of fused-ring (bicyclic) bond motifs is 6. The molecule has 0 aliphatic rings. The molecule has 0 atom stereocenters. The van der Waals surface area contributed by atoms with Crippen molar-refractivity contribution in [2.24, 2.45) is 0 Å². The monoisotopic (exact) mass is 592 g/mol. The fraction of sp³-hybridized carbons (Fsp3) is 0.220. The van der Waals surface area contributed by atoms with Crippen LogP contribution in [0.4, 0.5) is 0 Å². The lowest BCUT2D eigenvalue weighted by Crippen LogP contribution is -2.10. The summed E-state index contributed by atoms with van der Waals surface area (Å²) in [5.41, 5.74) is 7.95. The smallest absolute Gasteiger partial charge is 0.0522 e. The van der Waals surface area contributed by atoms with E-state index in [0.717, 1.165) is 17.5 Å². The van der Waals surface area contributed by atoms with Crippen LogP contribution in [0.2, 0.25) is 0 Å². The Morgan fingerprint density at radius 2 is 1.05 bits per heavy atom. The van der Waals surface area contributed by atoms with Crippen molar-refractivity contribution in [3.63, 3.8) is 0 Å². The Labute approximate surface area is 263 Å². The van der Waals surface area contributed by atoms with Crippen LogP contribution in [0.3, 0.4) is 0 Å². The highest BCUT2D eigenvalue weighted by molar-refractivity contribution is 7.28. The molecule has 43 heavy (non-hydrogen) atoms. The van der Waals surface area contributed by atoms with E-state index in [1.807, 2.05) is 22.7 Å². The normalized spacial score (nSPS) is 12.3. The van der Waals surface area contributed by atoms with Crippen molar-refractivity contribution < 1.29 is 0 Å². The zero-order valence-corrected chi connectivity index (χ0v) is 27.4. The Morgan fingerprint density at radius 1 is 0.535 bits per heavy atom. The van der Waals surface area contributed by atoms with E-state index in [1.54, 1.807) is 0 Å². The lowest BCUT2D eigenvalue weighted by Gasteiger charge is -2.19. The van der Waals surface area contributed by atoms with Gasteiger partial charge in [0.05, 0.1) is 10.3 Å². The van der Waals surface area contributed by atoms with E-state index in [4.69, 9.17) is 0 Å². The number of hydrogen-bond acceptors (Lipinski definition) is 2. The van der Waals surface area contributed by atoms with Crippen LogP contribution in [0, 0.1) is 11.8 Å². The fourth-order valence-corrected chi connectivity index (χ4v) is 8.55. The summed E-state index contributed by atoms with van der Waals surface area (Å²) in [5, 5.41) is 5.31. The van der Waals surface area contributed by atoms with Crippen LogP contribution in [0.1, 0.15) is 74.9 Å². The van der Waals surface area contributed by atoms with Crippen LogP contribution in [-0.4, -0.2) is 0 Å². The van der Waals surface area contributed by atoms with Gasteiger partial charge in [-0.2, -0.15) is 0 Å². The summed E-state index contributed by atoms with van der Waals surface area (Å²) < 4.78 is 5.31. The maximum Gasteiger partial charge on any atom is 0.0522 e. The average Bonchev–Trinajstić information content (AvgIpc) is 3.56. The van der Waals surface area contributed by atoms with Crippen molar-refractivity contribution in [2.45, 2.75) is 58.8 Å². The average molecular weight is 593 g/mol. The van der Waals surface area contributed by atoms with Crippen LogP contribution in [0.25, 0.3) is 40.3 Å². The molecule has 0 nitrogen and oxygen atoms in total. The Morgan fingerprint density at radius 3 is 1.63 bits per heavy atom. The zero-order valence-electron chi connectivity index (χ0n) is 25.8. The molecule has 7 rings (SSSR count). The van der Waals surface area contributed by atoms with Gasteiger partial charge in [0.25, 0.3) is 0 Å². The van der Waals surface area contributed by atoms with Gasteiger partial charge < -0.3 is 0 Å². The van der Waals surface area contributed by atoms with Crippen LogP contribution in [-0.2, 0) is 17.3 Å². The van der Waals surface area contributed by atoms with Crippen LogP contribution >= 0.6 is 22.7 Å². The maximum absolute atomic E-state index is 3.73. The molecule has 0 amide bonds. The van der Waals surface area contributed by atoms with Gasteiger partial charge >= 0.3 is 0 Å². The van der Waals surface area contributed by atoms with E-state index in [-0.39, 0.29) is 10.8 Å². The van der Waals surface area contributed by atoms with Crippen molar-refractivity contribution in [2.75, 3.05) is 0 Å². The predicted octanol–water partition coefficient (Wildman–Crippen LogP) is 12.0. The first kappa shape index (κ1) is 27.9. The van der Waals surface area contributed by atoms with Gasteiger partial charge in [-0.25, -0.2) is 0 Å². The van der Waals surface area contributed by atoms with Gasteiger partial charge in [0.2, 0.25) is 0 Å². The molecular formula is C41H36S2. The Bertz CT molecular complexity index is 2190. The summed E-state index contributed by atoms with van der Waals surface area (Å²) in [6, 6.07) is 35.8. The summed E-state index contributed by atoms with van der Waals surface area (Å²) in [6.07, 6.45) is 0.896. The van der Waals surface area contributed by atoms with Gasteiger partial charge in [0.1, 0.15) is 0 Å². The molecule has 0 bridgehead atoms. The van der Waals surface area contributed by atoms with Crippen molar-refractivity contribution in [3.05, 3.63) is 130 Å². The highest BCUT2D eigenvalue weighted by Crippen LogP contribution is 2.48. The fourth-order valence-electron chi connectivity index (χ4n) is 6.06. The molecule has 0 saturated heterocycles. The molecule has 2 aromatic heterocycles. The molecule has 5 aromatic carbocycles. The third kappa shape index (κ3) is 5.06. The number of benzene rings is 5. The highest BCUT2D eigenvalue weighted by atomic mass is 32.1. The second-order valence-corrected chi connectivity index (χ2v) is 15.8. The van der Waals surface area contributed by atoms with Gasteiger partial charge in [0, 0.05) is 41.2 Å². The summed E-state index contributed by atoms with van der Waals surface area (Å²) in [7, 11) is 0. The summed E-state index contributed by atoms with van der Waals surface area (Å²) in [4.78, 5) is 0. The molecule has 0 fully saturated rings. The second kappa shape index (κ2) is 10.4. The van der Waals surface area contributed by atoms with Crippen molar-refractivity contribution >= 4 is 63.0 Å². The first-order chi connectivity index (χ1) is 20.6. The topological polar surface area (TPSA) is 0 Å². The minimum Gasteiger partial charge on any atom is -0.135 e. The number of hydrogen-bond donors (Lipinski definition) is 0. The second-order valence-electron chi connectivity index (χ2n) is 13.7. The summed E-state index contributed by atoms with van der Waals surface area (Å²) in [5.74, 6) is 7.30. The third-order valence-corrected chi connectivity index (χ3v) is 10.9. The summed E-state index contributed by atoms with van der Waals surface area (Å²) >= 11 is 3.81. The van der Waals surface area contributed by atoms with E-state index in [2.05, 4.69) is 150 Å². The molecule has 0 saturated carbocycles. The van der Waals surface area contributed by atoms with Gasteiger partial charge in [0.15, 0.2) is 0 Å². The summed E-state index contributed by atoms with van der Waals surface area (Å²) in [6.45, 7) is 13.6. The molecule has 0 N–H and O–H groups in total. The van der Waals surface area contributed by atoms with Crippen LogP contribution in [0.5, 0.6) is 0 Å². The Hall–Kier alpha value is -3.90. The quantitative estimate of drug-likeness (QED) is 0.175. The van der Waals surface area contributed by atoms with Crippen molar-refractivity contribution in [1.82, 2.24) is 0 Å². The van der Waals surface area contributed by atoms with E-state index in [9.17, 15) is 0 Å². The van der Waals surface area contributed by atoms with E-state index < -0.39 is 0 Å². The van der Waals surface area contributed by atoms with E-state index in [1.165, 1.54) is 62.6 Å². The molecule has 0 spiro atoms. The number of thiophene rings is 2. The molecule has 0 unspecified atom stereocenters. The molecular weight excluding hydrogens is 557 g/mol. The van der Waals surface area contributed by atoms with Gasteiger partial charge in [-0.3, -0.25) is 0 Å². The van der Waals surface area contributed by atoms with Crippen molar-refractivity contribution in [1.29, 1.82) is 0 Å². The van der Waals surface area contributed by atoms with Crippen molar-refractivity contribution in [3.8, 4) is 11.8 Å². The molecule has 0 radical (unpaired) electrons. The highest BCUT2D eigenvalue weighted by Gasteiger charge is 2.22. The molecule has 2 heterocycles. The molecule has 7 aromatic rings. The number of rotatable bonds is 2. The first-order valence-corrected chi connectivity index (χ1v) is 16.7. The predicted molar refractivity (Wildman–Crippen MR) is 191 cm³/mol. The molecule has 2 heteroatoms. The van der Waals surface area contributed by atoms with E-state index >= 15 is 0 Å². The lowest BCUT2D eigenvalue weighted by atomic mass is 9.86. The van der Waals surface area contributed by atoms with Crippen LogP contribution in [0.15, 0.2) is 97.1 Å².